The molecule has 1 fully saturated rings. The van der Waals surface area contributed by atoms with Crippen molar-refractivity contribution in [1.82, 2.24) is 4.90 Å². The van der Waals surface area contributed by atoms with Crippen LogP contribution in [0, 0.1) is 11.7 Å². The summed E-state index contributed by atoms with van der Waals surface area (Å²) in [5.74, 6) is 0.355. The van der Waals surface area contributed by atoms with Crippen LogP contribution in [0.1, 0.15) is 37.8 Å². The van der Waals surface area contributed by atoms with Crippen molar-refractivity contribution in [3.63, 3.8) is 0 Å². The second-order valence-corrected chi connectivity index (χ2v) is 5.75. The highest BCUT2D eigenvalue weighted by Crippen LogP contribution is 2.31. The summed E-state index contributed by atoms with van der Waals surface area (Å²) in [5.41, 5.74) is 7.00. The Kier molecular flexibility index (Phi) is 4.60. The molecule has 0 bridgehead atoms. The molecule has 0 spiro atoms. The van der Waals surface area contributed by atoms with Gasteiger partial charge in [-0.25, -0.2) is 4.39 Å². The van der Waals surface area contributed by atoms with Crippen molar-refractivity contribution >= 4 is 5.84 Å². The fraction of sp³-hybridized carbons (Fsp3) is 0.533. The molecule has 0 amide bonds. The van der Waals surface area contributed by atoms with E-state index >= 15 is 0 Å². The van der Waals surface area contributed by atoms with Crippen LogP contribution in [0.5, 0.6) is 0 Å². The molecular formula is C15H22FN3O. The summed E-state index contributed by atoms with van der Waals surface area (Å²) in [6.45, 7) is 6.02. The fourth-order valence-corrected chi connectivity index (χ4v) is 2.29. The zero-order chi connectivity index (χ0) is 14.7. The number of hydrogen-bond donors (Lipinski definition) is 2. The quantitative estimate of drug-likeness (QED) is 0.364. The first kappa shape index (κ1) is 14.8. The lowest BCUT2D eigenvalue weighted by molar-refractivity contribution is 0.203. The van der Waals surface area contributed by atoms with E-state index in [1.165, 1.54) is 25.0 Å². The summed E-state index contributed by atoms with van der Waals surface area (Å²) in [6, 6.07) is 4.85. The van der Waals surface area contributed by atoms with E-state index in [0.717, 1.165) is 18.0 Å². The molecule has 20 heavy (non-hydrogen) atoms. The van der Waals surface area contributed by atoms with Crippen molar-refractivity contribution in [3.8, 4) is 0 Å². The first-order valence-electron chi connectivity index (χ1n) is 7.01. The highest BCUT2D eigenvalue weighted by Gasteiger charge is 2.26. The van der Waals surface area contributed by atoms with Gasteiger partial charge >= 0.3 is 0 Å². The highest BCUT2D eigenvalue weighted by atomic mass is 19.1. The van der Waals surface area contributed by atoms with Crippen LogP contribution < -0.4 is 5.73 Å². The molecule has 0 atom stereocenters. The summed E-state index contributed by atoms with van der Waals surface area (Å²) in [4.78, 5) is 2.35. The molecule has 4 nitrogen and oxygen atoms in total. The third-order valence-electron chi connectivity index (χ3n) is 3.75. The number of oxime groups is 1. The van der Waals surface area contributed by atoms with Crippen LogP contribution in [-0.2, 0) is 6.54 Å². The van der Waals surface area contributed by atoms with Crippen molar-refractivity contribution in [2.75, 3.05) is 6.54 Å². The van der Waals surface area contributed by atoms with Crippen LogP contribution in [0.25, 0.3) is 0 Å². The maximum absolute atomic E-state index is 13.4. The molecule has 2 rings (SSSR count). The van der Waals surface area contributed by atoms with Gasteiger partial charge in [-0.15, -0.1) is 0 Å². The van der Waals surface area contributed by atoms with E-state index in [1.807, 2.05) is 0 Å². The van der Waals surface area contributed by atoms with Crippen LogP contribution in [-0.4, -0.2) is 28.5 Å². The number of rotatable bonds is 6. The zero-order valence-corrected chi connectivity index (χ0v) is 12.0. The van der Waals surface area contributed by atoms with Crippen LogP contribution in [0.15, 0.2) is 23.4 Å². The maximum Gasteiger partial charge on any atom is 0.170 e. The predicted molar refractivity (Wildman–Crippen MR) is 77.2 cm³/mol. The smallest absolute Gasteiger partial charge is 0.170 e. The average molecular weight is 279 g/mol. The Morgan fingerprint density at radius 1 is 1.50 bits per heavy atom. The predicted octanol–water partition coefficient (Wildman–Crippen LogP) is 2.54. The molecule has 110 valence electrons. The number of amidine groups is 1. The summed E-state index contributed by atoms with van der Waals surface area (Å²) in [5, 5.41) is 11.8. The van der Waals surface area contributed by atoms with Crippen molar-refractivity contribution < 1.29 is 9.60 Å². The molecule has 1 saturated carbocycles. The Labute approximate surface area is 119 Å². The molecular weight excluding hydrogens is 257 g/mol. The topological polar surface area (TPSA) is 61.8 Å². The van der Waals surface area contributed by atoms with E-state index in [4.69, 9.17) is 10.9 Å². The van der Waals surface area contributed by atoms with Gasteiger partial charge in [-0.3, -0.25) is 4.90 Å². The highest BCUT2D eigenvalue weighted by molar-refractivity contribution is 5.98. The molecule has 0 radical (unpaired) electrons. The second-order valence-electron chi connectivity index (χ2n) is 5.75. The molecule has 1 aromatic carbocycles. The lowest BCUT2D eigenvalue weighted by Crippen LogP contribution is -2.33. The van der Waals surface area contributed by atoms with Gasteiger partial charge in [-0.05, 0) is 50.3 Å². The normalized spacial score (nSPS) is 16.1. The van der Waals surface area contributed by atoms with Crippen molar-refractivity contribution in [1.29, 1.82) is 0 Å². The van der Waals surface area contributed by atoms with E-state index in [9.17, 15) is 4.39 Å². The molecule has 0 heterocycles. The Bertz CT molecular complexity index is 498. The molecule has 0 unspecified atom stereocenters. The van der Waals surface area contributed by atoms with E-state index in [1.54, 1.807) is 6.07 Å². The SMILES string of the molecule is CC(C)N(Cc1ccc(F)cc1C(N)=NO)CC1CC1. The Morgan fingerprint density at radius 3 is 2.75 bits per heavy atom. The zero-order valence-electron chi connectivity index (χ0n) is 12.0. The largest absolute Gasteiger partial charge is 0.409 e. The van der Waals surface area contributed by atoms with Gasteiger partial charge < -0.3 is 10.9 Å². The van der Waals surface area contributed by atoms with Gasteiger partial charge in [-0.1, -0.05) is 11.2 Å². The van der Waals surface area contributed by atoms with Crippen LogP contribution >= 0.6 is 0 Å². The minimum absolute atomic E-state index is 0.0466. The van der Waals surface area contributed by atoms with Crippen LogP contribution in [0.2, 0.25) is 0 Å². The Balaban J connectivity index is 2.21. The lowest BCUT2D eigenvalue weighted by Gasteiger charge is -2.27. The Morgan fingerprint density at radius 2 is 2.20 bits per heavy atom. The van der Waals surface area contributed by atoms with E-state index in [0.29, 0.717) is 18.2 Å². The van der Waals surface area contributed by atoms with Crippen LogP contribution in [0.3, 0.4) is 0 Å². The minimum Gasteiger partial charge on any atom is -0.409 e. The third-order valence-corrected chi connectivity index (χ3v) is 3.75. The van der Waals surface area contributed by atoms with Crippen molar-refractivity contribution in [2.45, 2.75) is 39.3 Å². The molecule has 3 N–H and O–H groups in total. The first-order chi connectivity index (χ1) is 9.51. The van der Waals surface area contributed by atoms with Gasteiger partial charge in [0.05, 0.1) is 0 Å². The number of nitrogens with zero attached hydrogens (tertiary/aromatic N) is 2. The number of benzene rings is 1. The number of hydrogen-bond acceptors (Lipinski definition) is 3. The molecule has 1 aliphatic rings. The monoisotopic (exact) mass is 279 g/mol. The second kappa shape index (κ2) is 6.22. The molecule has 0 aliphatic heterocycles. The van der Waals surface area contributed by atoms with E-state index in [2.05, 4.69) is 23.9 Å². The Hall–Kier alpha value is -1.62. The molecule has 1 aromatic rings. The van der Waals surface area contributed by atoms with Gasteiger partial charge in [0, 0.05) is 24.7 Å². The molecule has 0 saturated heterocycles. The van der Waals surface area contributed by atoms with Gasteiger partial charge in [0.25, 0.3) is 0 Å². The van der Waals surface area contributed by atoms with E-state index < -0.39 is 0 Å². The molecule has 5 heteroatoms. The number of halogens is 1. The van der Waals surface area contributed by atoms with Gasteiger partial charge in [0.2, 0.25) is 0 Å². The fourth-order valence-electron chi connectivity index (χ4n) is 2.29. The molecule has 1 aliphatic carbocycles. The standard InChI is InChI=1S/C15H22FN3O/c1-10(2)19(8-11-3-4-11)9-12-5-6-13(16)7-14(12)15(17)18-20/h5-7,10-11,20H,3-4,8-9H2,1-2H3,(H2,17,18). The van der Waals surface area contributed by atoms with Crippen molar-refractivity contribution in [3.05, 3.63) is 35.1 Å². The summed E-state index contributed by atoms with van der Waals surface area (Å²) < 4.78 is 13.4. The van der Waals surface area contributed by atoms with Crippen LogP contribution in [0.4, 0.5) is 4.39 Å². The average Bonchev–Trinajstić information content (AvgIpc) is 3.22. The number of nitrogens with two attached hydrogens (primary N) is 1. The minimum atomic E-state index is -0.381. The molecule has 0 aromatic heterocycles. The van der Waals surface area contributed by atoms with E-state index in [-0.39, 0.29) is 11.7 Å². The third kappa shape index (κ3) is 3.70. The summed E-state index contributed by atoms with van der Waals surface area (Å²) in [6.07, 6.45) is 2.58. The van der Waals surface area contributed by atoms with Gasteiger partial charge in [0.15, 0.2) is 5.84 Å². The van der Waals surface area contributed by atoms with Crippen molar-refractivity contribution in [2.24, 2.45) is 16.8 Å². The summed E-state index contributed by atoms with van der Waals surface area (Å²) >= 11 is 0. The first-order valence-corrected chi connectivity index (χ1v) is 7.01. The lowest BCUT2D eigenvalue weighted by atomic mass is 10.0. The summed E-state index contributed by atoms with van der Waals surface area (Å²) in [7, 11) is 0. The van der Waals surface area contributed by atoms with Gasteiger partial charge in [0.1, 0.15) is 5.82 Å². The van der Waals surface area contributed by atoms with Gasteiger partial charge in [-0.2, -0.15) is 0 Å². The maximum atomic E-state index is 13.4.